The summed E-state index contributed by atoms with van der Waals surface area (Å²) in [5.74, 6) is -6.93. The van der Waals surface area contributed by atoms with E-state index in [1.165, 1.54) is 32.1 Å². The average Bonchev–Trinajstić information content (AvgIpc) is 3.29. The highest BCUT2D eigenvalue weighted by Crippen LogP contribution is 2.64. The number of amides is 1. The Morgan fingerprint density at radius 3 is 2.17 bits per heavy atom. The number of hydrogen-bond donors (Lipinski definition) is 4. The molecule has 4 N–H and O–H groups in total. The number of aliphatic hydroxyl groups excluding tert-OH is 2. The second-order valence-corrected chi connectivity index (χ2v) is 18.3. The molecule has 16 heteroatoms. The monoisotopic (exact) mass is 907 g/mol. The van der Waals surface area contributed by atoms with E-state index in [2.05, 4.69) is 5.32 Å². The fourth-order valence-corrected chi connectivity index (χ4v) is 10.7. The Bertz CT molecular complexity index is 2490. The highest BCUT2D eigenvalue weighted by molar-refractivity contribution is 5.96. The molecule has 1 spiro atoms. The Hall–Kier alpha value is -6.20. The molecule has 66 heavy (non-hydrogen) atoms. The third kappa shape index (κ3) is 7.68. The number of rotatable bonds is 5. The fourth-order valence-electron chi connectivity index (χ4n) is 10.7. The first kappa shape index (κ1) is 46.3. The minimum absolute atomic E-state index is 0.0177. The summed E-state index contributed by atoms with van der Waals surface area (Å²) < 4.78 is 37.0. The predicted octanol–water partition coefficient (Wildman–Crippen LogP) is 4.05. The summed E-state index contributed by atoms with van der Waals surface area (Å²) in [5, 5.41) is 40.9. The normalized spacial score (nSPS) is 34.4. The summed E-state index contributed by atoms with van der Waals surface area (Å²) in [6.07, 6.45) is -8.08. The second-order valence-electron chi connectivity index (χ2n) is 18.3. The third-order valence-electron chi connectivity index (χ3n) is 14.3. The molecule has 2 saturated carbocycles. The van der Waals surface area contributed by atoms with Gasteiger partial charge >= 0.3 is 23.9 Å². The van der Waals surface area contributed by atoms with E-state index in [-0.39, 0.29) is 59.6 Å². The van der Waals surface area contributed by atoms with E-state index in [0.717, 1.165) is 13.0 Å². The number of aliphatic hydroxyl groups is 3. The number of benzene rings is 3. The van der Waals surface area contributed by atoms with Crippen LogP contribution in [-0.4, -0.2) is 112 Å². The van der Waals surface area contributed by atoms with E-state index >= 15 is 4.79 Å². The SMILES string of the molecule is CC(=O)O[C@H]1C(=O)[C@@]2(C)[C@@H]3[C@H](OC(=O)c4ccccc4)[C@]4(O)C[C@H](OC(=O)[C@H](O)[C@@H](NC(=O)c5ccccc5)c5ccccc5OCC/C=C/C(=O)O[C@]35CO[C@@H]5C[C@@H]2O)C(C)=C1C4(C)C. The van der Waals surface area contributed by atoms with Crippen LogP contribution in [0.3, 0.4) is 0 Å². The number of ether oxygens (including phenoxy) is 6. The van der Waals surface area contributed by atoms with Gasteiger partial charge in [0.2, 0.25) is 0 Å². The number of Topliss-reactive ketones (excluding diaryl/α,β-unsaturated/α-hetero) is 1. The van der Waals surface area contributed by atoms with Crippen molar-refractivity contribution in [2.24, 2.45) is 16.7 Å². The van der Waals surface area contributed by atoms with Crippen molar-refractivity contribution >= 4 is 35.6 Å². The van der Waals surface area contributed by atoms with Gasteiger partial charge in [-0.3, -0.25) is 14.4 Å². The molecular formula is C50H53NO15. The summed E-state index contributed by atoms with van der Waals surface area (Å²) in [6, 6.07) is 20.9. The van der Waals surface area contributed by atoms with E-state index in [1.54, 1.807) is 86.6 Å². The Kier molecular flexibility index (Phi) is 12.3. The molecule has 11 atom stereocenters. The molecule has 3 aromatic carbocycles. The van der Waals surface area contributed by atoms with E-state index in [1.807, 2.05) is 0 Å². The topological polar surface area (TPSA) is 231 Å². The first-order chi connectivity index (χ1) is 31.3. The zero-order chi connectivity index (χ0) is 47.3. The molecule has 0 unspecified atom stereocenters. The van der Waals surface area contributed by atoms with Crippen molar-refractivity contribution in [2.45, 2.75) is 108 Å². The van der Waals surface area contributed by atoms with Crippen LogP contribution in [0.5, 0.6) is 5.75 Å². The zero-order valence-corrected chi connectivity index (χ0v) is 37.1. The van der Waals surface area contributed by atoms with Crippen LogP contribution in [0.1, 0.15) is 86.2 Å². The van der Waals surface area contributed by atoms with Gasteiger partial charge < -0.3 is 49.1 Å². The maximum absolute atomic E-state index is 15.7. The van der Waals surface area contributed by atoms with Crippen molar-refractivity contribution in [1.29, 1.82) is 0 Å². The van der Waals surface area contributed by atoms with Crippen molar-refractivity contribution in [3.8, 4) is 5.75 Å². The minimum atomic E-state index is -2.43. The maximum atomic E-state index is 15.7. The number of nitrogens with one attached hydrogen (secondary N) is 1. The number of para-hydroxylation sites is 1. The first-order valence-corrected chi connectivity index (χ1v) is 21.9. The van der Waals surface area contributed by atoms with Crippen LogP contribution in [0.15, 0.2) is 108 Å². The van der Waals surface area contributed by atoms with Gasteiger partial charge in [0, 0.05) is 42.4 Å². The molecule has 0 radical (unpaired) electrons. The molecule has 3 aromatic rings. The molecule has 0 aromatic heterocycles. The van der Waals surface area contributed by atoms with Crippen molar-refractivity contribution < 1.29 is 72.5 Å². The number of esters is 4. The summed E-state index contributed by atoms with van der Waals surface area (Å²) in [5.41, 5.74) is -7.46. The van der Waals surface area contributed by atoms with E-state index in [4.69, 9.17) is 28.4 Å². The Morgan fingerprint density at radius 1 is 0.864 bits per heavy atom. The van der Waals surface area contributed by atoms with Gasteiger partial charge in [0.1, 0.15) is 29.7 Å². The van der Waals surface area contributed by atoms with Crippen molar-refractivity contribution in [3.05, 3.63) is 125 Å². The summed E-state index contributed by atoms with van der Waals surface area (Å²) in [7, 11) is 0. The molecular weight excluding hydrogens is 855 g/mol. The maximum Gasteiger partial charge on any atom is 0.338 e. The van der Waals surface area contributed by atoms with E-state index in [9.17, 15) is 39.3 Å². The summed E-state index contributed by atoms with van der Waals surface area (Å²) in [4.78, 5) is 85.6. The van der Waals surface area contributed by atoms with Gasteiger partial charge in [0.05, 0.1) is 42.3 Å². The largest absolute Gasteiger partial charge is 0.493 e. The van der Waals surface area contributed by atoms with Crippen LogP contribution in [0.2, 0.25) is 0 Å². The van der Waals surface area contributed by atoms with Crippen molar-refractivity contribution in [3.63, 3.8) is 0 Å². The molecule has 2 aliphatic heterocycles. The van der Waals surface area contributed by atoms with Crippen molar-refractivity contribution in [2.75, 3.05) is 13.2 Å². The lowest BCUT2D eigenvalue weighted by atomic mass is 9.44. The van der Waals surface area contributed by atoms with E-state index in [0.29, 0.717) is 0 Å². The standard InChI is InChI=1S/C50H53NO15/c1-27-33-25-50(60)43(65-45(58)30-18-10-7-11-19-30)41-48(5,42(56)40(63-28(2)52)37(27)47(50,3)4)34(53)24-35-49(41,26-62-35)66-36(54)22-14-15-23-61-32-21-13-12-20-31(32)38(39(55)46(59)64-33)51-44(57)29-16-8-6-9-17-29/h6-14,16-22,33-35,38-41,43,53,55,60H,15,23-26H2,1-5H3,(H,51,57)/b22-14+/t33-,34-,35+,38-,39+,40+,41-,43-,48+,49-,50+/m0/s1. The highest BCUT2D eigenvalue weighted by Gasteiger charge is 2.78. The molecule has 348 valence electrons. The van der Waals surface area contributed by atoms with Gasteiger partial charge in [0.25, 0.3) is 5.91 Å². The van der Waals surface area contributed by atoms with Gasteiger partial charge in [0.15, 0.2) is 23.6 Å². The smallest absolute Gasteiger partial charge is 0.338 e. The van der Waals surface area contributed by atoms with E-state index < -0.39 is 113 Å². The molecule has 5 aliphatic rings. The average molecular weight is 908 g/mol. The molecule has 1 saturated heterocycles. The molecule has 8 rings (SSSR count). The Balaban J connectivity index is 1.35. The fraction of sp³-hybridized carbons (Fsp3) is 0.440. The molecule has 1 amide bonds. The summed E-state index contributed by atoms with van der Waals surface area (Å²) in [6.45, 7) is 6.76. The third-order valence-corrected chi connectivity index (χ3v) is 14.3. The predicted molar refractivity (Wildman–Crippen MR) is 231 cm³/mol. The van der Waals surface area contributed by atoms with Crippen LogP contribution in [0.25, 0.3) is 0 Å². The van der Waals surface area contributed by atoms with Crippen molar-refractivity contribution in [1.82, 2.24) is 5.32 Å². The minimum Gasteiger partial charge on any atom is -0.493 e. The van der Waals surface area contributed by atoms with Crippen LogP contribution < -0.4 is 10.1 Å². The number of hydrogen-bond acceptors (Lipinski definition) is 15. The van der Waals surface area contributed by atoms with Gasteiger partial charge in [-0.25, -0.2) is 14.4 Å². The molecule has 3 fully saturated rings. The number of carbonyl (C=O) groups is 6. The van der Waals surface area contributed by atoms with Gasteiger partial charge in [-0.05, 0) is 61.7 Å². The van der Waals surface area contributed by atoms with Crippen LogP contribution >= 0.6 is 0 Å². The van der Waals surface area contributed by atoms with Crippen LogP contribution in [0.4, 0.5) is 0 Å². The number of fused-ring (bicyclic) bond motifs is 3. The number of carbonyl (C=O) groups excluding carboxylic acids is 6. The van der Waals surface area contributed by atoms with Crippen LogP contribution in [0, 0.1) is 16.7 Å². The lowest BCUT2D eigenvalue weighted by Crippen LogP contribution is -2.82. The first-order valence-electron chi connectivity index (χ1n) is 21.9. The Labute approximate surface area is 380 Å². The van der Waals surface area contributed by atoms with Gasteiger partial charge in [-0.15, -0.1) is 0 Å². The molecule has 16 nitrogen and oxygen atoms in total. The molecule has 3 aliphatic carbocycles. The quantitative estimate of drug-likeness (QED) is 0.161. The van der Waals surface area contributed by atoms with Gasteiger partial charge in [-0.2, -0.15) is 0 Å². The lowest BCUT2D eigenvalue weighted by molar-refractivity contribution is -0.345. The van der Waals surface area contributed by atoms with Gasteiger partial charge in [-0.1, -0.05) is 74.5 Å². The number of ketones is 1. The van der Waals surface area contributed by atoms with Crippen LogP contribution in [-0.2, 0) is 42.9 Å². The summed E-state index contributed by atoms with van der Waals surface area (Å²) >= 11 is 0. The zero-order valence-electron chi connectivity index (χ0n) is 37.1. The second kappa shape index (κ2) is 17.5. The Morgan fingerprint density at radius 2 is 1.52 bits per heavy atom. The molecule has 4 bridgehead atoms. The lowest BCUT2D eigenvalue weighted by Gasteiger charge is -2.67. The molecule has 2 heterocycles. The highest BCUT2D eigenvalue weighted by atomic mass is 16.6.